The summed E-state index contributed by atoms with van der Waals surface area (Å²) >= 11 is 5.63. The maximum absolute atomic E-state index is 13.0. The monoisotopic (exact) mass is 295 g/mol. The first-order valence-corrected chi connectivity index (χ1v) is 6.79. The van der Waals surface area contributed by atoms with Crippen molar-refractivity contribution in [2.45, 2.75) is 31.6 Å². The molecule has 0 aromatic carbocycles. The van der Waals surface area contributed by atoms with Gasteiger partial charge in [0.25, 0.3) is 0 Å². The molecule has 0 aromatic heterocycles. The van der Waals surface area contributed by atoms with E-state index in [0.717, 1.165) is 0 Å². The fourth-order valence-corrected chi connectivity index (χ4v) is 2.95. The van der Waals surface area contributed by atoms with Crippen molar-refractivity contribution in [3.63, 3.8) is 0 Å². The number of carboxylic acid groups (broad SMARTS) is 1. The zero-order chi connectivity index (χ0) is 14.3. The molecule has 4 nitrogen and oxygen atoms in total. The van der Waals surface area contributed by atoms with Gasteiger partial charge in [0.15, 0.2) is 0 Å². The maximum Gasteiger partial charge on any atom is 0.314 e. The van der Waals surface area contributed by atoms with Gasteiger partial charge >= 0.3 is 5.97 Å². The van der Waals surface area contributed by atoms with Crippen molar-refractivity contribution >= 4 is 23.5 Å². The Morgan fingerprint density at radius 1 is 1.26 bits per heavy atom. The molecule has 1 amide bonds. The van der Waals surface area contributed by atoms with Gasteiger partial charge in [0.1, 0.15) is 5.41 Å². The van der Waals surface area contributed by atoms with E-state index >= 15 is 0 Å². The summed E-state index contributed by atoms with van der Waals surface area (Å²) in [5.74, 6) is -4.33. The first kappa shape index (κ1) is 14.5. The number of aliphatic carboxylic acids is 1. The first-order chi connectivity index (χ1) is 8.80. The van der Waals surface area contributed by atoms with Crippen LogP contribution in [0.2, 0.25) is 0 Å². The van der Waals surface area contributed by atoms with Crippen LogP contribution in [0, 0.1) is 11.3 Å². The van der Waals surface area contributed by atoms with Gasteiger partial charge < -0.3 is 10.0 Å². The zero-order valence-corrected chi connectivity index (χ0v) is 11.1. The molecule has 1 saturated heterocycles. The lowest BCUT2D eigenvalue weighted by atomic mass is 9.79. The summed E-state index contributed by atoms with van der Waals surface area (Å²) in [5, 5.41) is 9.04. The summed E-state index contributed by atoms with van der Waals surface area (Å²) < 4.78 is 26.0. The zero-order valence-electron chi connectivity index (χ0n) is 10.4. The molecule has 0 bridgehead atoms. The number of hydrogen-bond acceptors (Lipinski definition) is 2. The Morgan fingerprint density at radius 2 is 1.79 bits per heavy atom. The molecule has 1 N–H and O–H groups in total. The lowest BCUT2D eigenvalue weighted by Crippen LogP contribution is -2.64. The molecule has 2 aliphatic rings. The summed E-state index contributed by atoms with van der Waals surface area (Å²) in [5.41, 5.74) is -1.06. The van der Waals surface area contributed by atoms with E-state index < -0.39 is 23.2 Å². The molecule has 0 unspecified atom stereocenters. The number of carbonyl (C=O) groups is 2. The van der Waals surface area contributed by atoms with Gasteiger partial charge in [-0.15, -0.1) is 11.6 Å². The number of halogens is 3. The number of nitrogens with zero attached hydrogens (tertiary/aromatic N) is 1. The van der Waals surface area contributed by atoms with Crippen molar-refractivity contribution < 1.29 is 23.5 Å². The second kappa shape index (κ2) is 4.89. The number of rotatable bonds is 3. The third kappa shape index (κ3) is 2.68. The van der Waals surface area contributed by atoms with Crippen molar-refractivity contribution in [2.24, 2.45) is 11.3 Å². The van der Waals surface area contributed by atoms with Crippen molar-refractivity contribution in [3.8, 4) is 0 Å². The van der Waals surface area contributed by atoms with Crippen LogP contribution in [-0.2, 0) is 9.59 Å². The number of alkyl halides is 3. The van der Waals surface area contributed by atoms with Gasteiger partial charge in [0, 0.05) is 37.7 Å². The molecule has 1 heterocycles. The van der Waals surface area contributed by atoms with Gasteiger partial charge in [-0.3, -0.25) is 9.59 Å². The predicted octanol–water partition coefficient (Wildman–Crippen LogP) is 1.96. The molecule has 1 aliphatic carbocycles. The van der Waals surface area contributed by atoms with Crippen molar-refractivity contribution in [3.05, 3.63) is 0 Å². The topological polar surface area (TPSA) is 57.6 Å². The highest BCUT2D eigenvalue weighted by atomic mass is 35.5. The number of amides is 1. The third-order valence-electron chi connectivity index (χ3n) is 4.07. The molecule has 1 aliphatic heterocycles. The molecule has 0 aromatic rings. The van der Waals surface area contributed by atoms with Gasteiger partial charge in [-0.25, -0.2) is 8.78 Å². The van der Waals surface area contributed by atoms with Crippen LogP contribution in [0.5, 0.6) is 0 Å². The highest BCUT2D eigenvalue weighted by Crippen LogP contribution is 2.39. The van der Waals surface area contributed by atoms with Crippen LogP contribution in [0.3, 0.4) is 0 Å². The normalized spacial score (nSPS) is 25.7. The number of carboxylic acids is 1. The third-order valence-corrected chi connectivity index (χ3v) is 4.59. The molecule has 0 atom stereocenters. The van der Waals surface area contributed by atoms with Crippen LogP contribution in [0.25, 0.3) is 0 Å². The van der Waals surface area contributed by atoms with Crippen molar-refractivity contribution in [1.29, 1.82) is 0 Å². The van der Waals surface area contributed by atoms with Crippen LogP contribution < -0.4 is 0 Å². The number of hydrogen-bond donors (Lipinski definition) is 1. The van der Waals surface area contributed by atoms with E-state index in [1.807, 2.05) is 0 Å². The second-order valence-electron chi connectivity index (χ2n) is 5.54. The van der Waals surface area contributed by atoms with Gasteiger partial charge in [0.05, 0.1) is 0 Å². The summed E-state index contributed by atoms with van der Waals surface area (Å²) in [6, 6.07) is 0. The minimum Gasteiger partial charge on any atom is -0.481 e. The summed E-state index contributed by atoms with van der Waals surface area (Å²) in [7, 11) is 0. The fraction of sp³-hybridized carbons (Fsp3) is 0.833. The van der Waals surface area contributed by atoms with Crippen molar-refractivity contribution in [2.75, 3.05) is 19.0 Å². The Labute approximate surface area is 114 Å². The van der Waals surface area contributed by atoms with E-state index in [0.29, 0.717) is 0 Å². The molecule has 0 radical (unpaired) electrons. The Bertz CT molecular complexity index is 386. The molecular weight excluding hydrogens is 280 g/mol. The van der Waals surface area contributed by atoms with Crippen LogP contribution in [0.4, 0.5) is 8.78 Å². The Balaban J connectivity index is 1.89. The minimum atomic E-state index is -2.66. The Kier molecular flexibility index (Phi) is 3.73. The summed E-state index contributed by atoms with van der Waals surface area (Å²) in [6.07, 6.45) is -0.194. The number of carbonyl (C=O) groups excluding carboxylic acids is 1. The smallest absolute Gasteiger partial charge is 0.314 e. The quantitative estimate of drug-likeness (QED) is 0.810. The molecule has 108 valence electrons. The minimum absolute atomic E-state index is 0.0468. The molecule has 2 rings (SSSR count). The van der Waals surface area contributed by atoms with E-state index in [4.69, 9.17) is 16.7 Å². The highest BCUT2D eigenvalue weighted by molar-refractivity contribution is 6.20. The largest absolute Gasteiger partial charge is 0.481 e. The van der Waals surface area contributed by atoms with Crippen LogP contribution in [0.15, 0.2) is 0 Å². The van der Waals surface area contributed by atoms with Crippen LogP contribution in [0.1, 0.15) is 25.7 Å². The van der Waals surface area contributed by atoms with Crippen LogP contribution in [-0.4, -0.2) is 46.8 Å². The fourth-order valence-electron chi connectivity index (χ4n) is 2.66. The van der Waals surface area contributed by atoms with E-state index in [-0.39, 0.29) is 50.6 Å². The first-order valence-electron chi connectivity index (χ1n) is 6.26. The van der Waals surface area contributed by atoms with Crippen molar-refractivity contribution in [1.82, 2.24) is 4.90 Å². The van der Waals surface area contributed by atoms with Gasteiger partial charge in [-0.1, -0.05) is 0 Å². The van der Waals surface area contributed by atoms with Gasteiger partial charge in [0.2, 0.25) is 11.8 Å². The number of likely N-dealkylation sites (tertiary alicyclic amines) is 1. The molecule has 7 heteroatoms. The predicted molar refractivity (Wildman–Crippen MR) is 64.3 cm³/mol. The summed E-state index contributed by atoms with van der Waals surface area (Å²) in [6.45, 7) is 0.162. The SMILES string of the molecule is O=C(C1CCC(F)(F)CC1)N1CC(CCl)(C(=O)O)C1. The van der Waals surface area contributed by atoms with E-state index in [9.17, 15) is 18.4 Å². The van der Waals surface area contributed by atoms with Gasteiger partial charge in [-0.2, -0.15) is 0 Å². The van der Waals surface area contributed by atoms with E-state index in [2.05, 4.69) is 0 Å². The molecule has 0 spiro atoms. The average Bonchev–Trinajstić information content (AvgIpc) is 2.27. The lowest BCUT2D eigenvalue weighted by molar-refractivity contribution is -0.166. The van der Waals surface area contributed by atoms with E-state index in [1.54, 1.807) is 0 Å². The van der Waals surface area contributed by atoms with Gasteiger partial charge in [-0.05, 0) is 12.8 Å². The Morgan fingerprint density at radius 3 is 2.21 bits per heavy atom. The molecular formula is C12H16ClF2NO3. The maximum atomic E-state index is 13.0. The average molecular weight is 296 g/mol. The van der Waals surface area contributed by atoms with Crippen LogP contribution >= 0.6 is 11.6 Å². The Hall–Kier alpha value is -0.910. The summed E-state index contributed by atoms with van der Waals surface area (Å²) in [4.78, 5) is 24.5. The lowest BCUT2D eigenvalue weighted by Gasteiger charge is -2.47. The highest BCUT2D eigenvalue weighted by Gasteiger charge is 2.52. The van der Waals surface area contributed by atoms with E-state index in [1.165, 1.54) is 4.90 Å². The standard InChI is InChI=1S/C12H16ClF2NO3/c13-5-11(10(18)19)6-16(7-11)9(17)8-1-3-12(14,15)4-2-8/h8H,1-7H2,(H,18,19). The second-order valence-corrected chi connectivity index (χ2v) is 5.81. The molecule has 1 saturated carbocycles. The molecule has 2 fully saturated rings. The molecule has 19 heavy (non-hydrogen) atoms.